The van der Waals surface area contributed by atoms with Crippen molar-refractivity contribution < 1.29 is 4.42 Å². The van der Waals surface area contributed by atoms with Gasteiger partial charge in [0, 0.05) is 4.88 Å². The standard InChI is InChI=1S/C13H12N2OS/c1-8-4-5-9-10(7-8)16-13(15-9)12(14)11-3-2-6-17-11/h2-7,12H,14H2,1H3. The fourth-order valence-corrected chi connectivity index (χ4v) is 2.49. The smallest absolute Gasteiger partial charge is 0.217 e. The zero-order chi connectivity index (χ0) is 11.8. The molecular formula is C13H12N2OS. The van der Waals surface area contributed by atoms with Crippen LogP contribution in [0.1, 0.15) is 22.4 Å². The zero-order valence-corrected chi connectivity index (χ0v) is 10.2. The van der Waals surface area contributed by atoms with Gasteiger partial charge in [-0.05, 0) is 36.1 Å². The topological polar surface area (TPSA) is 52.0 Å². The Morgan fingerprint density at radius 3 is 3.00 bits per heavy atom. The lowest BCUT2D eigenvalue weighted by Gasteiger charge is -2.02. The van der Waals surface area contributed by atoms with Crippen LogP contribution in [0, 0.1) is 6.92 Å². The Kier molecular flexibility index (Phi) is 2.46. The molecule has 2 aromatic heterocycles. The van der Waals surface area contributed by atoms with Gasteiger partial charge in [-0.1, -0.05) is 12.1 Å². The number of nitrogens with two attached hydrogens (primary N) is 1. The number of rotatable bonds is 2. The van der Waals surface area contributed by atoms with Gasteiger partial charge in [0.1, 0.15) is 11.6 Å². The highest BCUT2D eigenvalue weighted by atomic mass is 32.1. The molecule has 0 aliphatic rings. The fraction of sp³-hybridized carbons (Fsp3) is 0.154. The molecule has 0 amide bonds. The summed E-state index contributed by atoms with van der Waals surface area (Å²) in [5.41, 5.74) is 8.93. The Hall–Kier alpha value is -1.65. The SMILES string of the molecule is Cc1ccc2nc(C(N)c3cccs3)oc2c1. The van der Waals surface area contributed by atoms with Crippen LogP contribution in [0.3, 0.4) is 0 Å². The van der Waals surface area contributed by atoms with Crippen molar-refractivity contribution in [1.29, 1.82) is 0 Å². The number of oxazole rings is 1. The number of nitrogens with zero attached hydrogens (tertiary/aromatic N) is 1. The van der Waals surface area contributed by atoms with Gasteiger partial charge in [-0.3, -0.25) is 0 Å². The van der Waals surface area contributed by atoms with Crippen molar-refractivity contribution in [2.24, 2.45) is 5.73 Å². The first-order valence-electron chi connectivity index (χ1n) is 5.40. The summed E-state index contributed by atoms with van der Waals surface area (Å²) in [6.45, 7) is 2.03. The molecule has 0 radical (unpaired) electrons. The maximum atomic E-state index is 6.12. The van der Waals surface area contributed by atoms with Crippen LogP contribution in [0.4, 0.5) is 0 Å². The quantitative estimate of drug-likeness (QED) is 0.752. The number of hydrogen-bond donors (Lipinski definition) is 1. The molecule has 17 heavy (non-hydrogen) atoms. The van der Waals surface area contributed by atoms with Gasteiger partial charge in [0.05, 0.1) is 0 Å². The third-order valence-electron chi connectivity index (χ3n) is 2.68. The number of hydrogen-bond acceptors (Lipinski definition) is 4. The van der Waals surface area contributed by atoms with Gasteiger partial charge in [0.25, 0.3) is 0 Å². The van der Waals surface area contributed by atoms with Crippen LogP contribution in [0.15, 0.2) is 40.1 Å². The molecule has 4 heteroatoms. The van der Waals surface area contributed by atoms with E-state index in [-0.39, 0.29) is 6.04 Å². The minimum atomic E-state index is -0.275. The molecule has 3 aromatic rings. The molecule has 1 atom stereocenters. The molecule has 86 valence electrons. The first-order chi connectivity index (χ1) is 8.24. The Bertz CT molecular complexity index is 643. The van der Waals surface area contributed by atoms with Crippen molar-refractivity contribution in [2.45, 2.75) is 13.0 Å². The van der Waals surface area contributed by atoms with E-state index >= 15 is 0 Å². The number of fused-ring (bicyclic) bond motifs is 1. The van der Waals surface area contributed by atoms with Gasteiger partial charge >= 0.3 is 0 Å². The molecule has 0 aliphatic carbocycles. The predicted molar refractivity (Wildman–Crippen MR) is 69.1 cm³/mol. The van der Waals surface area contributed by atoms with E-state index in [0.717, 1.165) is 21.5 Å². The van der Waals surface area contributed by atoms with Gasteiger partial charge in [-0.2, -0.15) is 0 Å². The van der Waals surface area contributed by atoms with Gasteiger partial charge in [0.2, 0.25) is 5.89 Å². The van der Waals surface area contributed by atoms with E-state index in [1.807, 2.05) is 42.6 Å². The van der Waals surface area contributed by atoms with Gasteiger partial charge in [-0.15, -0.1) is 11.3 Å². The number of aromatic nitrogens is 1. The summed E-state index contributed by atoms with van der Waals surface area (Å²) < 4.78 is 5.70. The molecule has 0 saturated carbocycles. The third-order valence-corrected chi connectivity index (χ3v) is 3.63. The second kappa shape index (κ2) is 3.98. The van der Waals surface area contributed by atoms with E-state index in [9.17, 15) is 0 Å². The molecule has 0 fully saturated rings. The van der Waals surface area contributed by atoms with Crippen molar-refractivity contribution in [3.05, 3.63) is 52.0 Å². The van der Waals surface area contributed by atoms with Crippen LogP contribution in [0.25, 0.3) is 11.1 Å². The van der Waals surface area contributed by atoms with Crippen LogP contribution in [0.2, 0.25) is 0 Å². The van der Waals surface area contributed by atoms with Crippen molar-refractivity contribution in [3.8, 4) is 0 Å². The summed E-state index contributed by atoms with van der Waals surface area (Å²) in [6, 6.07) is 9.65. The second-order valence-corrected chi connectivity index (χ2v) is 5.00. The van der Waals surface area contributed by atoms with Crippen LogP contribution < -0.4 is 5.73 Å². The number of thiophene rings is 1. The van der Waals surface area contributed by atoms with Crippen molar-refractivity contribution in [1.82, 2.24) is 4.98 Å². The average Bonchev–Trinajstić information content (AvgIpc) is 2.96. The largest absolute Gasteiger partial charge is 0.439 e. The van der Waals surface area contributed by atoms with E-state index in [4.69, 9.17) is 10.2 Å². The Morgan fingerprint density at radius 2 is 2.24 bits per heavy atom. The monoisotopic (exact) mass is 244 g/mol. The molecule has 0 aliphatic heterocycles. The molecule has 0 saturated heterocycles. The third kappa shape index (κ3) is 1.85. The van der Waals surface area contributed by atoms with E-state index in [1.165, 1.54) is 0 Å². The molecule has 1 unspecified atom stereocenters. The molecular weight excluding hydrogens is 232 g/mol. The Balaban J connectivity index is 2.06. The van der Waals surface area contributed by atoms with E-state index < -0.39 is 0 Å². The summed E-state index contributed by atoms with van der Waals surface area (Å²) in [5, 5.41) is 2.00. The first kappa shape index (κ1) is 10.5. The van der Waals surface area contributed by atoms with Gasteiger partial charge < -0.3 is 10.2 Å². The van der Waals surface area contributed by atoms with Crippen LogP contribution >= 0.6 is 11.3 Å². The highest BCUT2D eigenvalue weighted by molar-refractivity contribution is 7.10. The fourth-order valence-electron chi connectivity index (χ4n) is 1.77. The lowest BCUT2D eigenvalue weighted by atomic mass is 10.2. The summed E-state index contributed by atoms with van der Waals surface area (Å²) in [4.78, 5) is 5.49. The predicted octanol–water partition coefficient (Wildman–Crippen LogP) is 3.25. The van der Waals surface area contributed by atoms with Crippen LogP contribution in [-0.2, 0) is 0 Å². The van der Waals surface area contributed by atoms with Gasteiger partial charge in [-0.25, -0.2) is 4.98 Å². The Morgan fingerprint density at radius 1 is 1.35 bits per heavy atom. The normalized spacial score (nSPS) is 13.1. The average molecular weight is 244 g/mol. The summed E-state index contributed by atoms with van der Waals surface area (Å²) >= 11 is 1.61. The van der Waals surface area contributed by atoms with E-state index in [2.05, 4.69) is 4.98 Å². The van der Waals surface area contributed by atoms with E-state index in [1.54, 1.807) is 11.3 Å². The maximum absolute atomic E-state index is 6.12. The highest BCUT2D eigenvalue weighted by Gasteiger charge is 2.16. The minimum absolute atomic E-state index is 0.275. The molecule has 2 N–H and O–H groups in total. The molecule has 2 heterocycles. The Labute approximate surface area is 103 Å². The summed E-state index contributed by atoms with van der Waals surface area (Å²) in [7, 11) is 0. The van der Waals surface area contributed by atoms with E-state index in [0.29, 0.717) is 5.89 Å². The lowest BCUT2D eigenvalue weighted by molar-refractivity contribution is 0.507. The molecule has 3 nitrogen and oxygen atoms in total. The van der Waals surface area contributed by atoms with Crippen molar-refractivity contribution in [3.63, 3.8) is 0 Å². The highest BCUT2D eigenvalue weighted by Crippen LogP contribution is 2.26. The maximum Gasteiger partial charge on any atom is 0.217 e. The van der Waals surface area contributed by atoms with Crippen LogP contribution in [0.5, 0.6) is 0 Å². The van der Waals surface area contributed by atoms with Gasteiger partial charge in [0.15, 0.2) is 5.58 Å². The molecule has 3 rings (SSSR count). The zero-order valence-electron chi connectivity index (χ0n) is 9.38. The second-order valence-electron chi connectivity index (χ2n) is 4.02. The number of aryl methyl sites for hydroxylation is 1. The minimum Gasteiger partial charge on any atom is -0.439 e. The summed E-state index contributed by atoms with van der Waals surface area (Å²) in [5.74, 6) is 0.577. The van der Waals surface area contributed by atoms with Crippen molar-refractivity contribution in [2.75, 3.05) is 0 Å². The lowest BCUT2D eigenvalue weighted by Crippen LogP contribution is -2.10. The first-order valence-corrected chi connectivity index (χ1v) is 6.28. The summed E-state index contributed by atoms with van der Waals surface area (Å²) in [6.07, 6.45) is 0. The van der Waals surface area contributed by atoms with Crippen LogP contribution in [-0.4, -0.2) is 4.98 Å². The molecule has 1 aromatic carbocycles. The number of benzene rings is 1. The molecule has 0 spiro atoms. The van der Waals surface area contributed by atoms with Crippen molar-refractivity contribution >= 4 is 22.4 Å². The molecule has 0 bridgehead atoms.